The third kappa shape index (κ3) is 9.21. The van der Waals surface area contributed by atoms with E-state index >= 15 is 0 Å². The van der Waals surface area contributed by atoms with Crippen LogP contribution >= 0.6 is 0 Å². The fraction of sp³-hybridized carbons (Fsp3) is 0.667. The first-order valence-electron chi connectivity index (χ1n) is 4.89. The van der Waals surface area contributed by atoms with E-state index in [0.717, 1.165) is 0 Å². The van der Waals surface area contributed by atoms with Crippen LogP contribution in [0.5, 0.6) is 0 Å². The quantitative estimate of drug-likeness (QED) is 0.644. The van der Waals surface area contributed by atoms with Gasteiger partial charge in [-0.3, -0.25) is 14.9 Å². The summed E-state index contributed by atoms with van der Waals surface area (Å²) in [5.41, 5.74) is 0. The van der Waals surface area contributed by atoms with Gasteiger partial charge in [0.25, 0.3) is 6.43 Å². The number of hydrogen-bond acceptors (Lipinski definition) is 3. The molecule has 6 nitrogen and oxygen atoms in total. The molecule has 0 aromatic heterocycles. The number of alkyl halides is 2. The predicted octanol–water partition coefficient (Wildman–Crippen LogP) is 0.578. The van der Waals surface area contributed by atoms with Gasteiger partial charge in [-0.1, -0.05) is 6.92 Å². The molecular formula is C9H14F2N2O4. The SMILES string of the molecule is CC(CC(=O)O)CC(=O)NC(=O)NCC(F)F. The van der Waals surface area contributed by atoms with Crippen molar-refractivity contribution in [1.82, 2.24) is 10.6 Å². The van der Waals surface area contributed by atoms with E-state index < -0.39 is 36.8 Å². The minimum atomic E-state index is -2.69. The second-order valence-corrected chi connectivity index (χ2v) is 3.56. The molecular weight excluding hydrogens is 238 g/mol. The van der Waals surface area contributed by atoms with Gasteiger partial charge in [0, 0.05) is 12.8 Å². The minimum absolute atomic E-state index is 0.158. The Morgan fingerprint density at radius 3 is 2.29 bits per heavy atom. The Kier molecular flexibility index (Phi) is 6.76. The summed E-state index contributed by atoms with van der Waals surface area (Å²) in [4.78, 5) is 32.3. The zero-order valence-corrected chi connectivity index (χ0v) is 9.20. The summed E-state index contributed by atoms with van der Waals surface area (Å²) in [7, 11) is 0. The molecule has 0 aromatic carbocycles. The van der Waals surface area contributed by atoms with Gasteiger partial charge in [-0.05, 0) is 5.92 Å². The minimum Gasteiger partial charge on any atom is -0.481 e. The lowest BCUT2D eigenvalue weighted by atomic mass is 10.0. The van der Waals surface area contributed by atoms with Crippen LogP contribution in [0.4, 0.5) is 13.6 Å². The van der Waals surface area contributed by atoms with E-state index in [2.05, 4.69) is 0 Å². The van der Waals surface area contributed by atoms with Gasteiger partial charge >= 0.3 is 12.0 Å². The van der Waals surface area contributed by atoms with Gasteiger partial charge < -0.3 is 10.4 Å². The van der Waals surface area contributed by atoms with E-state index in [-0.39, 0.29) is 12.8 Å². The molecule has 0 saturated carbocycles. The van der Waals surface area contributed by atoms with Crippen molar-refractivity contribution in [2.45, 2.75) is 26.2 Å². The Bertz CT molecular complexity index is 297. The standard InChI is InChI=1S/C9H14F2N2O4/c1-5(3-8(15)16)2-7(14)13-9(17)12-4-6(10)11/h5-6H,2-4H2,1H3,(H,15,16)(H2,12,13,14,17). The Labute approximate surface area is 96.4 Å². The highest BCUT2D eigenvalue weighted by Gasteiger charge is 2.15. The Morgan fingerprint density at radius 1 is 1.24 bits per heavy atom. The molecule has 98 valence electrons. The molecule has 0 radical (unpaired) electrons. The number of rotatable bonds is 6. The summed E-state index contributed by atoms with van der Waals surface area (Å²) in [5.74, 6) is -2.19. The summed E-state index contributed by atoms with van der Waals surface area (Å²) in [6.45, 7) is 0.689. The number of amides is 3. The average molecular weight is 252 g/mol. The van der Waals surface area contributed by atoms with E-state index in [1.54, 1.807) is 5.32 Å². The first-order valence-corrected chi connectivity index (χ1v) is 4.89. The Balaban J connectivity index is 3.85. The van der Waals surface area contributed by atoms with Gasteiger partial charge in [0.05, 0.1) is 6.54 Å². The van der Waals surface area contributed by atoms with Crippen LogP contribution in [-0.2, 0) is 9.59 Å². The molecule has 0 aliphatic heterocycles. The maximum Gasteiger partial charge on any atom is 0.321 e. The molecule has 0 fully saturated rings. The molecule has 3 N–H and O–H groups in total. The smallest absolute Gasteiger partial charge is 0.321 e. The zero-order valence-electron chi connectivity index (χ0n) is 9.20. The maximum atomic E-state index is 11.7. The van der Waals surface area contributed by atoms with Crippen LogP contribution < -0.4 is 10.6 Å². The fourth-order valence-corrected chi connectivity index (χ4v) is 1.08. The number of carboxylic acid groups (broad SMARTS) is 1. The monoisotopic (exact) mass is 252 g/mol. The highest BCUT2D eigenvalue weighted by Crippen LogP contribution is 2.06. The van der Waals surface area contributed by atoms with Gasteiger partial charge in [0.15, 0.2) is 0 Å². The maximum absolute atomic E-state index is 11.7. The lowest BCUT2D eigenvalue weighted by Crippen LogP contribution is -2.41. The molecule has 0 spiro atoms. The summed E-state index contributed by atoms with van der Waals surface area (Å²) in [6.07, 6.45) is -3.05. The Hall–Kier alpha value is -1.73. The van der Waals surface area contributed by atoms with Crippen LogP contribution in [0.3, 0.4) is 0 Å². The molecule has 0 rings (SSSR count). The van der Waals surface area contributed by atoms with Crippen LogP contribution in [0.1, 0.15) is 19.8 Å². The summed E-state index contributed by atoms with van der Waals surface area (Å²) >= 11 is 0. The third-order valence-electron chi connectivity index (χ3n) is 1.73. The number of nitrogens with one attached hydrogen (secondary N) is 2. The van der Waals surface area contributed by atoms with Crippen molar-refractivity contribution in [3.05, 3.63) is 0 Å². The van der Waals surface area contributed by atoms with Crippen molar-refractivity contribution < 1.29 is 28.3 Å². The second-order valence-electron chi connectivity index (χ2n) is 3.56. The molecule has 0 aromatic rings. The molecule has 1 atom stereocenters. The topological polar surface area (TPSA) is 95.5 Å². The highest BCUT2D eigenvalue weighted by atomic mass is 19.3. The molecule has 0 bridgehead atoms. The fourth-order valence-electron chi connectivity index (χ4n) is 1.08. The van der Waals surface area contributed by atoms with Crippen molar-refractivity contribution in [1.29, 1.82) is 0 Å². The highest BCUT2D eigenvalue weighted by molar-refractivity contribution is 5.94. The Morgan fingerprint density at radius 2 is 1.82 bits per heavy atom. The van der Waals surface area contributed by atoms with Crippen molar-refractivity contribution >= 4 is 17.9 Å². The van der Waals surface area contributed by atoms with Gasteiger partial charge in [0.1, 0.15) is 0 Å². The summed E-state index contributed by atoms with van der Waals surface area (Å²) in [5, 5.41) is 12.0. The average Bonchev–Trinajstić information content (AvgIpc) is 2.12. The van der Waals surface area contributed by atoms with E-state index in [9.17, 15) is 23.2 Å². The van der Waals surface area contributed by atoms with Crippen LogP contribution in [-0.4, -0.2) is 36.0 Å². The van der Waals surface area contributed by atoms with E-state index in [0.29, 0.717) is 0 Å². The molecule has 1 unspecified atom stereocenters. The number of urea groups is 1. The van der Waals surface area contributed by atoms with Crippen LogP contribution in [0.2, 0.25) is 0 Å². The normalized spacial score (nSPS) is 12.0. The lowest BCUT2D eigenvalue weighted by Gasteiger charge is -2.09. The number of carboxylic acids is 1. The number of halogens is 2. The number of imide groups is 1. The van der Waals surface area contributed by atoms with E-state index in [4.69, 9.17) is 5.11 Å². The first kappa shape index (κ1) is 15.3. The van der Waals surface area contributed by atoms with Crippen LogP contribution in [0, 0.1) is 5.92 Å². The second kappa shape index (κ2) is 7.53. The van der Waals surface area contributed by atoms with Crippen LogP contribution in [0.25, 0.3) is 0 Å². The van der Waals surface area contributed by atoms with Gasteiger partial charge in [-0.25, -0.2) is 13.6 Å². The van der Waals surface area contributed by atoms with E-state index in [1.165, 1.54) is 6.92 Å². The largest absolute Gasteiger partial charge is 0.481 e. The molecule has 0 aliphatic rings. The lowest BCUT2D eigenvalue weighted by molar-refractivity contribution is -0.138. The van der Waals surface area contributed by atoms with Gasteiger partial charge in [-0.2, -0.15) is 0 Å². The molecule has 0 aliphatic carbocycles. The van der Waals surface area contributed by atoms with Crippen molar-refractivity contribution in [2.75, 3.05) is 6.54 Å². The van der Waals surface area contributed by atoms with E-state index in [1.807, 2.05) is 5.32 Å². The summed E-state index contributed by atoms with van der Waals surface area (Å²) in [6, 6.07) is -1.02. The molecule has 0 saturated heterocycles. The number of carbonyl (C=O) groups excluding carboxylic acids is 2. The number of carbonyl (C=O) groups is 3. The third-order valence-corrected chi connectivity index (χ3v) is 1.73. The number of hydrogen-bond donors (Lipinski definition) is 3. The zero-order chi connectivity index (χ0) is 13.4. The molecule has 3 amide bonds. The molecule has 0 heterocycles. The molecule has 8 heteroatoms. The molecule has 17 heavy (non-hydrogen) atoms. The van der Waals surface area contributed by atoms with Crippen molar-refractivity contribution in [3.63, 3.8) is 0 Å². The van der Waals surface area contributed by atoms with Crippen LogP contribution in [0.15, 0.2) is 0 Å². The van der Waals surface area contributed by atoms with Crippen molar-refractivity contribution in [2.24, 2.45) is 5.92 Å². The number of aliphatic carboxylic acids is 1. The predicted molar refractivity (Wildman–Crippen MR) is 53.6 cm³/mol. The summed E-state index contributed by atoms with van der Waals surface area (Å²) < 4.78 is 23.4. The van der Waals surface area contributed by atoms with Gasteiger partial charge in [0.2, 0.25) is 5.91 Å². The van der Waals surface area contributed by atoms with Gasteiger partial charge in [-0.15, -0.1) is 0 Å². The first-order chi connectivity index (χ1) is 7.81. The van der Waals surface area contributed by atoms with Crippen molar-refractivity contribution in [3.8, 4) is 0 Å².